The number of amides is 2. The van der Waals surface area contributed by atoms with Gasteiger partial charge in [-0.1, -0.05) is 30.3 Å². The second-order valence-corrected chi connectivity index (χ2v) is 11.8. The van der Waals surface area contributed by atoms with Crippen LogP contribution in [0.3, 0.4) is 0 Å². The summed E-state index contributed by atoms with van der Waals surface area (Å²) in [7, 11) is -1.22. The molecule has 0 saturated carbocycles. The number of rotatable bonds is 10. The zero-order valence-corrected chi connectivity index (χ0v) is 22.0. The van der Waals surface area contributed by atoms with Gasteiger partial charge in [-0.25, -0.2) is 9.59 Å². The van der Waals surface area contributed by atoms with Crippen molar-refractivity contribution in [3.8, 4) is 0 Å². The normalized spacial score (nSPS) is 17.4. The summed E-state index contributed by atoms with van der Waals surface area (Å²) in [6, 6.07) is 8.16. The molecule has 196 valence electrons. The lowest BCUT2D eigenvalue weighted by molar-refractivity contribution is -0.119. The smallest absolute Gasteiger partial charge is 0.410 e. The second-order valence-electron chi connectivity index (χ2n) is 9.53. The average Bonchev–Trinajstić information content (AvgIpc) is 2.82. The summed E-state index contributed by atoms with van der Waals surface area (Å²) in [5.41, 5.74) is 0.183. The first kappa shape index (κ1) is 28.8. The van der Waals surface area contributed by atoms with Gasteiger partial charge in [-0.05, 0) is 51.5 Å². The number of Topliss-reactive ketones (excluding diaryl/α,β-unsaturated/α-hetero) is 1. The van der Waals surface area contributed by atoms with Gasteiger partial charge in [-0.15, -0.1) is 0 Å². The number of hydrogen-bond donors (Lipinski definition) is 1. The first-order chi connectivity index (χ1) is 16.4. The van der Waals surface area contributed by atoms with Crippen molar-refractivity contribution in [1.82, 2.24) is 10.2 Å². The molecule has 1 heterocycles. The summed E-state index contributed by atoms with van der Waals surface area (Å²) in [5.74, 6) is -0.577. The molecule has 1 aliphatic heterocycles. The van der Waals surface area contributed by atoms with Crippen LogP contribution in [0.1, 0.15) is 45.6 Å². The van der Waals surface area contributed by atoms with Crippen molar-refractivity contribution in [2.24, 2.45) is 5.92 Å². The molecule has 10 nitrogen and oxygen atoms in total. The van der Waals surface area contributed by atoms with Crippen LogP contribution in [0.5, 0.6) is 0 Å². The van der Waals surface area contributed by atoms with Gasteiger partial charge < -0.3 is 28.7 Å². The number of nitrogens with one attached hydrogen (secondary N) is 1. The van der Waals surface area contributed by atoms with Crippen LogP contribution in [-0.2, 0) is 34.5 Å². The number of carbonyl (C=O) groups excluding carboxylic acids is 3. The molecule has 1 aliphatic rings. The number of hydrogen-bond acceptors (Lipinski definition) is 8. The molecule has 35 heavy (non-hydrogen) atoms. The Labute approximate surface area is 207 Å². The van der Waals surface area contributed by atoms with E-state index in [9.17, 15) is 18.9 Å². The molecule has 1 N–H and O–H groups in total. The van der Waals surface area contributed by atoms with Crippen molar-refractivity contribution in [2.75, 3.05) is 33.5 Å². The third kappa shape index (κ3) is 9.99. The molecular weight excluding hydrogens is 475 g/mol. The highest BCUT2D eigenvalue weighted by Crippen LogP contribution is 2.46. The Morgan fingerprint density at radius 3 is 2.40 bits per heavy atom. The number of nitrogens with zero attached hydrogens (tertiary/aromatic N) is 1. The van der Waals surface area contributed by atoms with Crippen LogP contribution >= 0.6 is 7.60 Å². The topological polar surface area (TPSA) is 120 Å². The lowest BCUT2D eigenvalue weighted by atomic mass is 9.90. The van der Waals surface area contributed by atoms with Crippen LogP contribution in [0.4, 0.5) is 9.59 Å². The Kier molecular flexibility index (Phi) is 10.7. The van der Waals surface area contributed by atoms with E-state index in [1.807, 2.05) is 30.3 Å². The lowest BCUT2D eigenvalue weighted by Crippen LogP contribution is -2.47. The van der Waals surface area contributed by atoms with Gasteiger partial charge in [-0.3, -0.25) is 9.36 Å². The van der Waals surface area contributed by atoms with Crippen molar-refractivity contribution >= 4 is 25.6 Å². The first-order valence-electron chi connectivity index (χ1n) is 11.6. The van der Waals surface area contributed by atoms with E-state index in [1.54, 1.807) is 25.7 Å². The minimum absolute atomic E-state index is 0.0398. The van der Waals surface area contributed by atoms with Crippen LogP contribution < -0.4 is 5.32 Å². The van der Waals surface area contributed by atoms with E-state index in [0.29, 0.717) is 13.1 Å². The van der Waals surface area contributed by atoms with Crippen LogP contribution in [0.15, 0.2) is 30.3 Å². The molecule has 1 saturated heterocycles. The highest BCUT2D eigenvalue weighted by Gasteiger charge is 2.35. The molecule has 2 amide bonds. The van der Waals surface area contributed by atoms with Crippen molar-refractivity contribution < 1.29 is 37.5 Å². The number of piperidine rings is 1. The zero-order chi connectivity index (χ0) is 26.1. The predicted molar refractivity (Wildman–Crippen MR) is 130 cm³/mol. The number of alkyl carbamates (subject to hydrolysis) is 1. The van der Waals surface area contributed by atoms with Gasteiger partial charge in [-0.2, -0.15) is 0 Å². The van der Waals surface area contributed by atoms with Gasteiger partial charge in [0.25, 0.3) is 0 Å². The summed E-state index contributed by atoms with van der Waals surface area (Å²) < 4.78 is 33.1. The minimum Gasteiger partial charge on any atom is -0.445 e. The third-order valence-corrected chi connectivity index (χ3v) is 7.35. The Hall–Kier alpha value is -2.42. The van der Waals surface area contributed by atoms with E-state index in [4.69, 9.17) is 18.5 Å². The molecule has 0 radical (unpaired) electrons. The molecule has 0 aliphatic carbocycles. The van der Waals surface area contributed by atoms with Crippen molar-refractivity contribution in [3.63, 3.8) is 0 Å². The molecule has 0 spiro atoms. The lowest BCUT2D eigenvalue weighted by Gasteiger charge is -2.35. The first-order valence-corrected chi connectivity index (χ1v) is 13.4. The molecule has 1 aromatic carbocycles. The number of carbonyl (C=O) groups is 3. The number of benzene rings is 1. The molecule has 1 aromatic rings. The maximum absolute atomic E-state index is 13.1. The number of likely N-dealkylation sites (tertiary alicyclic amines) is 1. The minimum atomic E-state index is -3.63. The van der Waals surface area contributed by atoms with Gasteiger partial charge in [0.2, 0.25) is 0 Å². The van der Waals surface area contributed by atoms with Crippen LogP contribution in [0.2, 0.25) is 0 Å². The quantitative estimate of drug-likeness (QED) is 0.459. The van der Waals surface area contributed by atoms with Crippen LogP contribution in [-0.4, -0.2) is 68.0 Å². The van der Waals surface area contributed by atoms with E-state index >= 15 is 0 Å². The summed E-state index contributed by atoms with van der Waals surface area (Å²) in [4.78, 5) is 39.7. The predicted octanol–water partition coefficient (Wildman–Crippen LogP) is 4.37. The van der Waals surface area contributed by atoms with Crippen molar-refractivity contribution in [2.45, 2.75) is 58.3 Å². The van der Waals surface area contributed by atoms with Gasteiger partial charge in [0.1, 0.15) is 18.4 Å². The fraction of sp³-hybridized carbons (Fsp3) is 0.625. The SMILES string of the molecule is COP(=O)(CC(=O)[C@H](CC1CCCN(C(=O)OC(C)(C)C)C1)NC(=O)OCc1ccccc1)OC. The highest BCUT2D eigenvalue weighted by atomic mass is 31.2. The van der Waals surface area contributed by atoms with E-state index in [-0.39, 0.29) is 18.9 Å². The fourth-order valence-corrected chi connectivity index (χ4v) is 4.78. The molecule has 2 atom stereocenters. The second kappa shape index (κ2) is 13.0. The zero-order valence-electron chi connectivity index (χ0n) is 21.2. The number of ether oxygens (including phenoxy) is 2. The molecule has 2 rings (SSSR count). The van der Waals surface area contributed by atoms with Gasteiger partial charge in [0.15, 0.2) is 5.78 Å². The molecule has 0 aromatic heterocycles. The molecule has 11 heteroatoms. The maximum Gasteiger partial charge on any atom is 0.410 e. The molecule has 1 unspecified atom stereocenters. The van der Waals surface area contributed by atoms with Crippen LogP contribution in [0, 0.1) is 5.92 Å². The van der Waals surface area contributed by atoms with Gasteiger partial charge in [0, 0.05) is 27.3 Å². The van der Waals surface area contributed by atoms with E-state index in [2.05, 4.69) is 5.32 Å². The number of ketones is 1. The highest BCUT2D eigenvalue weighted by molar-refractivity contribution is 7.54. The Morgan fingerprint density at radius 2 is 1.80 bits per heavy atom. The van der Waals surface area contributed by atoms with Gasteiger partial charge >= 0.3 is 19.8 Å². The average molecular weight is 513 g/mol. The summed E-state index contributed by atoms with van der Waals surface area (Å²) >= 11 is 0. The van der Waals surface area contributed by atoms with Crippen LogP contribution in [0.25, 0.3) is 0 Å². The van der Waals surface area contributed by atoms with Crippen molar-refractivity contribution in [3.05, 3.63) is 35.9 Å². The largest absolute Gasteiger partial charge is 0.445 e. The molecular formula is C24H37N2O8P. The maximum atomic E-state index is 13.1. The van der Waals surface area contributed by atoms with E-state index in [0.717, 1.165) is 18.4 Å². The monoisotopic (exact) mass is 512 g/mol. The Morgan fingerprint density at radius 1 is 1.14 bits per heavy atom. The fourth-order valence-electron chi connectivity index (χ4n) is 3.77. The summed E-state index contributed by atoms with van der Waals surface area (Å²) in [6.45, 7) is 6.38. The van der Waals surface area contributed by atoms with Crippen molar-refractivity contribution in [1.29, 1.82) is 0 Å². The third-order valence-electron chi connectivity index (χ3n) is 5.54. The standard InChI is InChI=1S/C24H37N2O8P/c1-24(2,3)34-23(29)26-13-9-12-19(15-26)14-20(21(27)17-35(30,31-4)32-5)25-22(28)33-16-18-10-7-6-8-11-18/h6-8,10-11,19-20H,9,12-17H2,1-5H3,(H,25,28)/t19?,20-/m0/s1. The summed E-state index contributed by atoms with van der Waals surface area (Å²) in [6.07, 6.45) is 0.0618. The summed E-state index contributed by atoms with van der Waals surface area (Å²) in [5, 5.41) is 2.61. The van der Waals surface area contributed by atoms with E-state index in [1.165, 1.54) is 14.2 Å². The Balaban J connectivity index is 2.07. The molecule has 0 bridgehead atoms. The van der Waals surface area contributed by atoms with E-state index < -0.39 is 43.4 Å². The Bertz CT molecular complexity index is 895. The van der Waals surface area contributed by atoms with Gasteiger partial charge in [0.05, 0.1) is 6.04 Å². The molecule has 1 fully saturated rings.